The smallest absolute Gasteiger partial charge is 0.255 e. The first-order valence-corrected chi connectivity index (χ1v) is 11.0. The number of fused-ring (bicyclic) bond motifs is 4. The first-order valence-electron chi connectivity index (χ1n) is 11.0. The van der Waals surface area contributed by atoms with E-state index in [2.05, 4.69) is 21.3 Å². The lowest BCUT2D eigenvalue weighted by molar-refractivity contribution is 0.102. The van der Waals surface area contributed by atoms with Crippen molar-refractivity contribution in [2.45, 2.75) is 18.9 Å². The van der Waals surface area contributed by atoms with Crippen molar-refractivity contribution in [2.24, 2.45) is 5.92 Å². The van der Waals surface area contributed by atoms with Gasteiger partial charge in [0.2, 0.25) is 0 Å². The number of rotatable bonds is 5. The summed E-state index contributed by atoms with van der Waals surface area (Å²) in [5.41, 5.74) is 2.28. The average molecular weight is 483 g/mol. The minimum absolute atomic E-state index is 0. The Labute approximate surface area is 203 Å². The second-order valence-electron chi connectivity index (χ2n) is 8.53. The zero-order valence-corrected chi connectivity index (χ0v) is 19.9. The molecule has 9 heteroatoms. The monoisotopic (exact) mass is 482 g/mol. The summed E-state index contributed by atoms with van der Waals surface area (Å²) in [7, 11) is 3.09. The first kappa shape index (κ1) is 23.6. The van der Waals surface area contributed by atoms with Gasteiger partial charge < -0.3 is 24.3 Å². The Morgan fingerprint density at radius 1 is 1.03 bits per heavy atom. The van der Waals surface area contributed by atoms with E-state index in [0.29, 0.717) is 34.6 Å². The molecule has 34 heavy (non-hydrogen) atoms. The fourth-order valence-electron chi connectivity index (χ4n) is 4.91. The quantitative estimate of drug-likeness (QED) is 0.598. The predicted molar refractivity (Wildman–Crippen MR) is 133 cm³/mol. The van der Waals surface area contributed by atoms with Crippen LogP contribution in [0, 0.1) is 5.92 Å². The molecule has 0 saturated carbocycles. The number of hydrogen-bond donors (Lipinski definition) is 1. The van der Waals surface area contributed by atoms with Crippen LogP contribution in [0.2, 0.25) is 0 Å². The number of amides is 1. The first-order chi connectivity index (χ1) is 16.1. The Morgan fingerprint density at radius 2 is 1.85 bits per heavy atom. The topological polar surface area (TPSA) is 85.7 Å². The maximum atomic E-state index is 12.7. The van der Waals surface area contributed by atoms with Crippen LogP contribution in [0.25, 0.3) is 0 Å². The van der Waals surface area contributed by atoms with E-state index in [9.17, 15) is 9.59 Å². The Kier molecular flexibility index (Phi) is 6.79. The fourth-order valence-corrected chi connectivity index (χ4v) is 4.91. The molecule has 0 aliphatic carbocycles. The van der Waals surface area contributed by atoms with Crippen LogP contribution in [0.4, 0.5) is 11.5 Å². The number of anilines is 2. The number of carbonyl (C=O) groups excluding carboxylic acids is 1. The molecule has 2 atom stereocenters. The second-order valence-corrected chi connectivity index (χ2v) is 8.53. The zero-order chi connectivity index (χ0) is 22.9. The lowest BCUT2D eigenvalue weighted by Gasteiger charge is -2.43. The molecule has 2 aliphatic heterocycles. The van der Waals surface area contributed by atoms with E-state index >= 15 is 0 Å². The van der Waals surface area contributed by atoms with Gasteiger partial charge in [-0.05, 0) is 48.7 Å². The van der Waals surface area contributed by atoms with Crippen molar-refractivity contribution in [1.29, 1.82) is 0 Å². The predicted octanol–water partition coefficient (Wildman–Crippen LogP) is 3.56. The highest BCUT2D eigenvalue weighted by atomic mass is 35.5. The molecular weight excluding hydrogens is 456 g/mol. The van der Waals surface area contributed by atoms with Crippen LogP contribution in [0.1, 0.15) is 28.4 Å². The number of nitrogens with one attached hydrogen (secondary N) is 1. The van der Waals surface area contributed by atoms with Crippen molar-refractivity contribution >= 4 is 29.8 Å². The summed E-state index contributed by atoms with van der Waals surface area (Å²) in [6.07, 6.45) is 2.77. The van der Waals surface area contributed by atoms with Gasteiger partial charge in [-0.25, -0.2) is 4.98 Å². The zero-order valence-electron chi connectivity index (χ0n) is 19.1. The summed E-state index contributed by atoms with van der Waals surface area (Å²) in [6.45, 7) is 2.44. The molecule has 1 aromatic carbocycles. The highest BCUT2D eigenvalue weighted by Gasteiger charge is 2.34. The van der Waals surface area contributed by atoms with E-state index in [4.69, 9.17) is 9.47 Å². The molecular formula is C25H27ClN4O4. The number of pyridine rings is 2. The summed E-state index contributed by atoms with van der Waals surface area (Å²) < 4.78 is 12.4. The molecule has 0 unspecified atom stereocenters. The molecule has 4 heterocycles. The van der Waals surface area contributed by atoms with E-state index in [1.165, 1.54) is 7.11 Å². The summed E-state index contributed by atoms with van der Waals surface area (Å²) in [6, 6.07) is 14.4. The third-order valence-electron chi connectivity index (χ3n) is 6.46. The van der Waals surface area contributed by atoms with Crippen LogP contribution < -0.4 is 25.2 Å². The second kappa shape index (κ2) is 9.77. The molecule has 8 nitrogen and oxygen atoms in total. The van der Waals surface area contributed by atoms with Crippen molar-refractivity contribution < 1.29 is 14.3 Å². The van der Waals surface area contributed by atoms with E-state index in [1.54, 1.807) is 37.6 Å². The van der Waals surface area contributed by atoms with E-state index in [0.717, 1.165) is 37.6 Å². The third-order valence-corrected chi connectivity index (χ3v) is 6.46. The lowest BCUT2D eigenvalue weighted by atomic mass is 9.83. The number of halogens is 1. The number of aromatic nitrogens is 2. The maximum Gasteiger partial charge on any atom is 0.255 e. The molecule has 1 amide bonds. The highest BCUT2D eigenvalue weighted by molar-refractivity contribution is 6.04. The van der Waals surface area contributed by atoms with Gasteiger partial charge in [-0.15, -0.1) is 12.4 Å². The van der Waals surface area contributed by atoms with Crippen LogP contribution in [0.3, 0.4) is 0 Å². The van der Waals surface area contributed by atoms with Gasteiger partial charge in [0.1, 0.15) is 5.82 Å². The third kappa shape index (κ3) is 4.46. The highest BCUT2D eigenvalue weighted by Crippen LogP contribution is 2.36. The van der Waals surface area contributed by atoms with Gasteiger partial charge in [0.25, 0.3) is 11.5 Å². The van der Waals surface area contributed by atoms with E-state index in [1.807, 2.05) is 22.8 Å². The van der Waals surface area contributed by atoms with Crippen LogP contribution >= 0.6 is 12.4 Å². The molecule has 1 saturated heterocycles. The van der Waals surface area contributed by atoms with Gasteiger partial charge in [0.05, 0.1) is 26.1 Å². The van der Waals surface area contributed by atoms with Gasteiger partial charge >= 0.3 is 0 Å². The largest absolute Gasteiger partial charge is 0.493 e. The van der Waals surface area contributed by atoms with Crippen molar-refractivity contribution in [2.75, 3.05) is 37.5 Å². The standard InChI is InChI=1S/C25H26N4O4.ClH/c1-32-21-8-6-17(11-22(21)33-2)25(31)27-19-7-9-23(26-12-19)28-13-16-10-18(15-28)20-4-3-5-24(30)29(20)14-16;/h3-9,11-12,16,18H,10,13-15H2,1-2H3,(H,27,31);1H/t16-,18+;/m1./s1. The number of hydrogen-bond acceptors (Lipinski definition) is 6. The molecule has 5 rings (SSSR count). The van der Waals surface area contributed by atoms with Crippen LogP contribution in [-0.4, -0.2) is 42.8 Å². The summed E-state index contributed by atoms with van der Waals surface area (Å²) in [4.78, 5) is 31.8. The lowest BCUT2D eigenvalue weighted by Crippen LogP contribution is -2.47. The molecule has 0 radical (unpaired) electrons. The van der Waals surface area contributed by atoms with Gasteiger partial charge in [-0.3, -0.25) is 9.59 Å². The number of piperidine rings is 1. The number of methoxy groups -OCH3 is 2. The molecule has 1 fully saturated rings. The number of carbonyl (C=O) groups is 1. The van der Waals surface area contributed by atoms with Crippen LogP contribution in [-0.2, 0) is 6.54 Å². The molecule has 2 aromatic heterocycles. The molecule has 3 aromatic rings. The van der Waals surface area contributed by atoms with Gasteiger partial charge in [-0.1, -0.05) is 6.07 Å². The SMILES string of the molecule is COc1ccc(C(=O)Nc2ccc(N3C[C@H]4C[C@@H](C3)c3cccc(=O)n3C4)nc2)cc1OC.Cl. The van der Waals surface area contributed by atoms with Crippen LogP contribution in [0.15, 0.2) is 59.5 Å². The molecule has 2 aliphatic rings. The Bertz CT molecular complexity index is 1240. The number of benzene rings is 1. The van der Waals surface area contributed by atoms with Crippen molar-refractivity contribution in [3.8, 4) is 11.5 Å². The minimum atomic E-state index is -0.250. The molecule has 178 valence electrons. The minimum Gasteiger partial charge on any atom is -0.493 e. The van der Waals surface area contributed by atoms with Crippen LogP contribution in [0.5, 0.6) is 11.5 Å². The number of ether oxygens (including phenoxy) is 2. The van der Waals surface area contributed by atoms with Gasteiger partial charge in [0, 0.05) is 42.9 Å². The Morgan fingerprint density at radius 3 is 2.59 bits per heavy atom. The van der Waals surface area contributed by atoms with Gasteiger partial charge in [0.15, 0.2) is 11.5 Å². The Balaban J connectivity index is 0.00000274. The average Bonchev–Trinajstić information content (AvgIpc) is 2.84. The summed E-state index contributed by atoms with van der Waals surface area (Å²) in [5, 5.41) is 2.88. The Hall–Kier alpha value is -3.52. The molecule has 0 spiro atoms. The van der Waals surface area contributed by atoms with Crippen molar-refractivity contribution in [3.63, 3.8) is 0 Å². The van der Waals surface area contributed by atoms with Crippen molar-refractivity contribution in [1.82, 2.24) is 9.55 Å². The molecule has 2 bridgehead atoms. The van der Waals surface area contributed by atoms with Gasteiger partial charge in [-0.2, -0.15) is 0 Å². The van der Waals surface area contributed by atoms with E-state index < -0.39 is 0 Å². The molecule has 1 N–H and O–H groups in total. The van der Waals surface area contributed by atoms with E-state index in [-0.39, 0.29) is 23.9 Å². The number of nitrogens with zero attached hydrogens (tertiary/aromatic N) is 3. The van der Waals surface area contributed by atoms with Crippen molar-refractivity contribution in [3.05, 3.63) is 76.3 Å². The normalized spacial score (nSPS) is 18.4. The summed E-state index contributed by atoms with van der Waals surface area (Å²) >= 11 is 0. The fraction of sp³-hybridized carbons (Fsp3) is 0.320. The maximum absolute atomic E-state index is 12.7. The summed E-state index contributed by atoms with van der Waals surface area (Å²) in [5.74, 6) is 2.43.